The second kappa shape index (κ2) is 7.91. The summed E-state index contributed by atoms with van der Waals surface area (Å²) < 4.78 is 5.89. The lowest BCUT2D eigenvalue weighted by Gasteiger charge is -2.64. The van der Waals surface area contributed by atoms with Crippen LogP contribution in [0, 0.1) is 22.2 Å². The fourth-order valence-corrected chi connectivity index (χ4v) is 7.54. The molecule has 0 spiro atoms. The highest BCUT2D eigenvalue weighted by molar-refractivity contribution is 6.30. The molecule has 0 radical (unpaired) electrons. The van der Waals surface area contributed by atoms with Gasteiger partial charge in [-0.25, -0.2) is 5.43 Å². The number of hydrogen-bond acceptors (Lipinski definition) is 3. The fourth-order valence-electron chi connectivity index (χ4n) is 7.42. The van der Waals surface area contributed by atoms with E-state index in [1.165, 1.54) is 19.3 Å². The van der Waals surface area contributed by atoms with Crippen molar-refractivity contribution in [2.75, 3.05) is 0 Å². The van der Waals surface area contributed by atoms with Crippen LogP contribution in [0.5, 0.6) is 5.75 Å². The summed E-state index contributed by atoms with van der Waals surface area (Å²) >= 11 is 5.94. The van der Waals surface area contributed by atoms with Gasteiger partial charge in [-0.15, -0.1) is 0 Å². The second-order valence-corrected chi connectivity index (χ2v) is 11.5. The quantitative estimate of drug-likeness (QED) is 0.411. The van der Waals surface area contributed by atoms with Gasteiger partial charge in [-0.05, 0) is 90.7 Å². The molecule has 2 unspecified atom stereocenters. The summed E-state index contributed by atoms with van der Waals surface area (Å²) in [5, 5.41) is 5.03. The predicted octanol–water partition coefficient (Wildman–Crippen LogP) is 6.37. The molecule has 2 atom stereocenters. The van der Waals surface area contributed by atoms with Crippen molar-refractivity contribution in [3.8, 4) is 5.75 Å². The molecule has 0 aliphatic heterocycles. The number of amides is 1. The summed E-state index contributed by atoms with van der Waals surface area (Å²) in [5.41, 5.74) is 5.20. The third-order valence-electron chi connectivity index (χ3n) is 7.66. The van der Waals surface area contributed by atoms with Crippen molar-refractivity contribution in [3.63, 3.8) is 0 Å². The van der Waals surface area contributed by atoms with E-state index in [1.807, 2.05) is 48.5 Å². The van der Waals surface area contributed by atoms with E-state index < -0.39 is 0 Å². The number of carbonyl (C=O) groups is 1. The molecular formula is C27H31ClN2O2. The average molecular weight is 451 g/mol. The molecular weight excluding hydrogens is 420 g/mol. The maximum Gasteiger partial charge on any atom is 0.246 e. The van der Waals surface area contributed by atoms with Gasteiger partial charge in [0, 0.05) is 5.02 Å². The largest absolute Gasteiger partial charge is 0.489 e. The Kier molecular flexibility index (Phi) is 5.32. The van der Waals surface area contributed by atoms with E-state index in [1.54, 1.807) is 6.21 Å². The predicted molar refractivity (Wildman–Crippen MR) is 128 cm³/mol. The molecule has 5 heteroatoms. The Balaban J connectivity index is 1.21. The molecule has 168 valence electrons. The molecule has 4 saturated carbocycles. The van der Waals surface area contributed by atoms with Crippen molar-refractivity contribution in [3.05, 3.63) is 64.7 Å². The third-order valence-corrected chi connectivity index (χ3v) is 7.92. The molecule has 4 bridgehead atoms. The van der Waals surface area contributed by atoms with E-state index in [0.29, 0.717) is 28.4 Å². The van der Waals surface area contributed by atoms with Gasteiger partial charge in [-0.1, -0.05) is 49.7 Å². The number of hydrogen-bond donors (Lipinski definition) is 1. The molecule has 32 heavy (non-hydrogen) atoms. The van der Waals surface area contributed by atoms with Crippen LogP contribution in [0.1, 0.15) is 63.5 Å². The highest BCUT2D eigenvalue weighted by atomic mass is 35.5. The van der Waals surface area contributed by atoms with Crippen LogP contribution in [0.25, 0.3) is 0 Å². The molecule has 1 amide bonds. The summed E-state index contributed by atoms with van der Waals surface area (Å²) in [6, 6.07) is 15.4. The standard InChI is InChI=1S/C27H31ClN2O2/c1-25-11-21-12-26(2,16-25)18-27(13-21,17-25)24(31)30-29-14-20-4-3-5-23(10-20)32-15-19-6-8-22(28)9-7-19/h3-10,14,21H,11-13,15-18H2,1-2H3,(H,30,31)/b29-14+. The average Bonchev–Trinajstić information content (AvgIpc) is 2.71. The van der Waals surface area contributed by atoms with Crippen molar-refractivity contribution in [1.82, 2.24) is 5.43 Å². The Morgan fingerprint density at radius 2 is 1.81 bits per heavy atom. The summed E-state index contributed by atoms with van der Waals surface area (Å²) in [6.45, 7) is 5.24. The lowest BCUT2D eigenvalue weighted by molar-refractivity contribution is -0.170. The molecule has 4 fully saturated rings. The Morgan fingerprint density at radius 3 is 2.50 bits per heavy atom. The number of carbonyl (C=O) groups excluding carboxylic acids is 1. The number of ether oxygens (including phenoxy) is 1. The smallest absolute Gasteiger partial charge is 0.246 e. The van der Waals surface area contributed by atoms with Crippen LogP contribution in [0.3, 0.4) is 0 Å². The lowest BCUT2D eigenvalue weighted by atomic mass is 9.40. The van der Waals surface area contributed by atoms with Crippen LogP contribution in [0.2, 0.25) is 5.02 Å². The highest BCUT2D eigenvalue weighted by Gasteiger charge is 2.62. The first-order valence-corrected chi connectivity index (χ1v) is 11.9. The van der Waals surface area contributed by atoms with E-state index in [9.17, 15) is 4.79 Å². The van der Waals surface area contributed by atoms with Crippen molar-refractivity contribution >= 4 is 23.7 Å². The number of halogens is 1. The summed E-state index contributed by atoms with van der Waals surface area (Å²) in [4.78, 5) is 13.3. The number of benzene rings is 2. The number of rotatable bonds is 6. The third kappa shape index (κ3) is 4.30. The van der Waals surface area contributed by atoms with Gasteiger partial charge in [0.25, 0.3) is 0 Å². The summed E-state index contributed by atoms with van der Waals surface area (Å²) in [7, 11) is 0. The minimum Gasteiger partial charge on any atom is -0.489 e. The maximum absolute atomic E-state index is 13.3. The monoisotopic (exact) mass is 450 g/mol. The Bertz CT molecular complexity index is 1030. The molecule has 6 rings (SSSR count). The van der Waals surface area contributed by atoms with Crippen LogP contribution < -0.4 is 10.2 Å². The first-order valence-electron chi connectivity index (χ1n) is 11.6. The van der Waals surface area contributed by atoms with Gasteiger partial charge in [0.05, 0.1) is 11.6 Å². The topological polar surface area (TPSA) is 50.7 Å². The molecule has 2 aromatic rings. The molecule has 0 saturated heterocycles. The molecule has 4 aliphatic carbocycles. The molecule has 4 aliphatic rings. The van der Waals surface area contributed by atoms with Gasteiger partial charge in [0.2, 0.25) is 5.91 Å². The van der Waals surface area contributed by atoms with E-state index in [0.717, 1.165) is 36.1 Å². The van der Waals surface area contributed by atoms with Crippen LogP contribution in [0.4, 0.5) is 0 Å². The molecule has 4 nitrogen and oxygen atoms in total. The van der Waals surface area contributed by atoms with Crippen LogP contribution in [-0.2, 0) is 11.4 Å². The summed E-state index contributed by atoms with van der Waals surface area (Å²) in [5.74, 6) is 1.55. The van der Waals surface area contributed by atoms with Crippen molar-refractivity contribution in [2.45, 2.75) is 59.0 Å². The fraction of sp³-hybridized carbons (Fsp3) is 0.481. The van der Waals surface area contributed by atoms with Crippen molar-refractivity contribution in [2.24, 2.45) is 27.3 Å². The van der Waals surface area contributed by atoms with Gasteiger partial charge in [-0.3, -0.25) is 4.79 Å². The van der Waals surface area contributed by atoms with Gasteiger partial charge in [0.1, 0.15) is 12.4 Å². The van der Waals surface area contributed by atoms with Crippen molar-refractivity contribution in [1.29, 1.82) is 0 Å². The van der Waals surface area contributed by atoms with E-state index in [-0.39, 0.29) is 11.3 Å². The SMILES string of the molecule is CC12CC3CC(C)(C1)CC(C(=O)N/N=C/c1cccc(OCc4ccc(Cl)cc4)c1)(C3)C2. The Hall–Kier alpha value is -2.33. The molecule has 1 N–H and O–H groups in total. The zero-order chi connectivity index (χ0) is 22.4. The van der Waals surface area contributed by atoms with Crippen molar-refractivity contribution < 1.29 is 9.53 Å². The van der Waals surface area contributed by atoms with Gasteiger partial charge in [-0.2, -0.15) is 5.10 Å². The molecule has 2 aromatic carbocycles. The Morgan fingerprint density at radius 1 is 1.09 bits per heavy atom. The van der Waals surface area contributed by atoms with Crippen LogP contribution in [0.15, 0.2) is 53.6 Å². The number of hydrazone groups is 1. The Labute approximate surface area is 195 Å². The maximum atomic E-state index is 13.3. The zero-order valence-corrected chi connectivity index (χ0v) is 19.6. The highest BCUT2D eigenvalue weighted by Crippen LogP contribution is 2.69. The minimum absolute atomic E-state index is 0.102. The summed E-state index contributed by atoms with van der Waals surface area (Å²) in [6.07, 6.45) is 8.55. The number of nitrogens with zero attached hydrogens (tertiary/aromatic N) is 1. The van der Waals surface area contributed by atoms with Gasteiger partial charge in [0.15, 0.2) is 0 Å². The number of nitrogens with one attached hydrogen (secondary N) is 1. The first-order chi connectivity index (χ1) is 15.2. The lowest BCUT2D eigenvalue weighted by Crippen LogP contribution is -2.59. The zero-order valence-electron chi connectivity index (χ0n) is 18.9. The van der Waals surface area contributed by atoms with E-state index in [4.69, 9.17) is 16.3 Å². The second-order valence-electron chi connectivity index (χ2n) is 11.1. The van der Waals surface area contributed by atoms with Gasteiger partial charge >= 0.3 is 0 Å². The first kappa shape index (κ1) is 21.5. The van der Waals surface area contributed by atoms with Crippen LogP contribution in [-0.4, -0.2) is 12.1 Å². The van der Waals surface area contributed by atoms with Crippen LogP contribution >= 0.6 is 11.6 Å². The molecule has 0 heterocycles. The van der Waals surface area contributed by atoms with E-state index in [2.05, 4.69) is 24.4 Å². The minimum atomic E-state index is -0.246. The van der Waals surface area contributed by atoms with Gasteiger partial charge < -0.3 is 4.74 Å². The van der Waals surface area contributed by atoms with E-state index >= 15 is 0 Å². The molecule has 0 aromatic heterocycles. The normalized spacial score (nSPS) is 32.9.